The molecule has 0 saturated carbocycles. The summed E-state index contributed by atoms with van der Waals surface area (Å²) in [5.41, 5.74) is 0.967. The van der Waals surface area contributed by atoms with Crippen molar-refractivity contribution in [2.24, 2.45) is 0 Å². The summed E-state index contributed by atoms with van der Waals surface area (Å²) in [5, 5.41) is 9.84. The second-order valence-corrected chi connectivity index (χ2v) is 11.6. The van der Waals surface area contributed by atoms with E-state index < -0.39 is 32.2 Å². The van der Waals surface area contributed by atoms with Crippen molar-refractivity contribution in [3.05, 3.63) is 59.1 Å². The molecule has 0 aliphatic carbocycles. The molecule has 1 fully saturated rings. The third-order valence-corrected chi connectivity index (χ3v) is 8.78. The van der Waals surface area contributed by atoms with E-state index in [0.717, 1.165) is 5.56 Å². The fraction of sp³-hybridized carbons (Fsp3) is 0.429. The van der Waals surface area contributed by atoms with Gasteiger partial charge in [-0.15, -0.1) is 0 Å². The second kappa shape index (κ2) is 10.6. The lowest BCUT2D eigenvalue weighted by Gasteiger charge is -2.36. The molecule has 2 aromatic carbocycles. The normalized spacial score (nSPS) is 22.0. The number of aliphatic hydroxyl groups excluding tert-OH is 1. The number of hydrogen-bond acceptors (Lipinski definition) is 6. The van der Waals surface area contributed by atoms with Crippen LogP contribution in [0.2, 0.25) is 5.02 Å². The molecule has 1 aliphatic rings. The lowest BCUT2D eigenvalue weighted by atomic mass is 9.98. The minimum Gasteiger partial charge on any atom is -0.394 e. The lowest BCUT2D eigenvalue weighted by molar-refractivity contribution is -0.0869. The third-order valence-electron chi connectivity index (χ3n) is 5.32. The molecule has 3 rings (SSSR count). The average Bonchev–Trinajstić information content (AvgIpc) is 2.75. The molecule has 176 valence electrons. The number of aliphatic hydroxyl groups is 1. The van der Waals surface area contributed by atoms with Crippen LogP contribution in [0.5, 0.6) is 0 Å². The van der Waals surface area contributed by atoms with E-state index in [9.17, 15) is 21.9 Å². The number of hydrogen-bond donors (Lipinski definition) is 3. The van der Waals surface area contributed by atoms with Crippen LogP contribution in [0.3, 0.4) is 0 Å². The number of benzene rings is 2. The monoisotopic (exact) mass is 502 g/mol. The Morgan fingerprint density at radius 3 is 2.38 bits per heavy atom. The van der Waals surface area contributed by atoms with Crippen molar-refractivity contribution in [3.63, 3.8) is 0 Å². The number of aryl methyl sites for hydroxylation is 1. The zero-order chi connectivity index (χ0) is 23.4. The molecular weight excluding hydrogens is 476 g/mol. The Labute approximate surface area is 194 Å². The Balaban J connectivity index is 1.55. The van der Waals surface area contributed by atoms with E-state index in [4.69, 9.17) is 16.3 Å². The quantitative estimate of drug-likeness (QED) is 0.483. The van der Waals surface area contributed by atoms with Gasteiger partial charge in [0, 0.05) is 6.54 Å². The molecule has 0 unspecified atom stereocenters. The summed E-state index contributed by atoms with van der Waals surface area (Å²) in [6, 6.07) is 12.0. The van der Waals surface area contributed by atoms with Gasteiger partial charge in [-0.25, -0.2) is 26.3 Å². The van der Waals surface area contributed by atoms with E-state index in [1.54, 1.807) is 36.4 Å². The first-order chi connectivity index (χ1) is 15.1. The molecule has 1 heterocycles. The fourth-order valence-electron chi connectivity index (χ4n) is 3.56. The molecule has 1 saturated heterocycles. The molecule has 0 amide bonds. The summed E-state index contributed by atoms with van der Waals surface area (Å²) in [7, 11) is -7.51. The summed E-state index contributed by atoms with van der Waals surface area (Å²) in [5.74, 6) is 0. The topological polar surface area (TPSA) is 122 Å². The van der Waals surface area contributed by atoms with Crippen molar-refractivity contribution in [2.45, 2.75) is 54.2 Å². The minimum atomic E-state index is -3.89. The van der Waals surface area contributed by atoms with Crippen LogP contribution in [0.1, 0.15) is 24.8 Å². The number of nitrogens with one attached hydrogen (secondary N) is 2. The van der Waals surface area contributed by atoms with Gasteiger partial charge < -0.3 is 9.84 Å². The maximum Gasteiger partial charge on any atom is 0.242 e. The Morgan fingerprint density at radius 1 is 1.03 bits per heavy atom. The highest BCUT2D eigenvalue weighted by Gasteiger charge is 2.34. The first-order valence-corrected chi connectivity index (χ1v) is 13.6. The highest BCUT2D eigenvalue weighted by Crippen LogP contribution is 2.25. The summed E-state index contributed by atoms with van der Waals surface area (Å²) in [6.45, 7) is 1.67. The summed E-state index contributed by atoms with van der Waals surface area (Å²) in [4.78, 5) is 0.154. The van der Waals surface area contributed by atoms with Crippen molar-refractivity contribution < 1.29 is 26.7 Å². The average molecular weight is 503 g/mol. The summed E-state index contributed by atoms with van der Waals surface area (Å²) in [6.07, 6.45) is 0.280. The maximum absolute atomic E-state index is 12.7. The molecule has 0 aromatic heterocycles. The Bertz CT molecular complexity index is 1120. The minimum absolute atomic E-state index is 0.0361. The van der Waals surface area contributed by atoms with Gasteiger partial charge in [0.05, 0.1) is 34.8 Å². The number of rotatable bonds is 9. The van der Waals surface area contributed by atoms with Gasteiger partial charge in [-0.1, -0.05) is 41.4 Å². The molecule has 32 heavy (non-hydrogen) atoms. The Hall–Kier alpha value is -1.53. The standard InChI is InChI=1S/C21H27ClN2O6S2/c1-15-6-9-17(10-7-15)31(26,27)23-13-12-16-8-11-19(20(14-25)30-16)24-32(28,29)21-5-3-2-4-18(21)22/h2-7,9-10,16,19-20,23-25H,8,11-14H2,1H3/t16-,19-,20-/m0/s1. The number of halogens is 1. The Morgan fingerprint density at radius 2 is 1.72 bits per heavy atom. The van der Waals surface area contributed by atoms with Gasteiger partial charge in [-0.2, -0.15) is 0 Å². The van der Waals surface area contributed by atoms with Crippen LogP contribution >= 0.6 is 11.6 Å². The van der Waals surface area contributed by atoms with Crippen molar-refractivity contribution in [2.75, 3.05) is 13.2 Å². The zero-order valence-electron chi connectivity index (χ0n) is 17.6. The molecule has 3 atom stereocenters. The van der Waals surface area contributed by atoms with Crippen LogP contribution in [-0.4, -0.2) is 53.3 Å². The van der Waals surface area contributed by atoms with Crippen LogP contribution in [0, 0.1) is 6.92 Å². The van der Waals surface area contributed by atoms with Crippen molar-refractivity contribution in [3.8, 4) is 0 Å². The molecule has 0 bridgehead atoms. The maximum atomic E-state index is 12.7. The van der Waals surface area contributed by atoms with Gasteiger partial charge in [-0.05, 0) is 50.5 Å². The summed E-state index contributed by atoms with van der Waals surface area (Å²) < 4.78 is 61.2. The van der Waals surface area contributed by atoms with E-state index in [-0.39, 0.29) is 34.1 Å². The molecule has 11 heteroatoms. The van der Waals surface area contributed by atoms with Crippen LogP contribution in [0.15, 0.2) is 58.3 Å². The number of ether oxygens (including phenoxy) is 1. The van der Waals surface area contributed by atoms with E-state index in [1.807, 2.05) is 6.92 Å². The van der Waals surface area contributed by atoms with E-state index in [1.165, 1.54) is 12.1 Å². The van der Waals surface area contributed by atoms with Gasteiger partial charge in [0.25, 0.3) is 0 Å². The largest absolute Gasteiger partial charge is 0.394 e. The van der Waals surface area contributed by atoms with Crippen LogP contribution in [0.25, 0.3) is 0 Å². The second-order valence-electron chi connectivity index (χ2n) is 7.71. The zero-order valence-corrected chi connectivity index (χ0v) is 20.0. The van der Waals surface area contributed by atoms with Gasteiger partial charge in [0.1, 0.15) is 4.90 Å². The van der Waals surface area contributed by atoms with E-state index in [2.05, 4.69) is 9.44 Å². The van der Waals surface area contributed by atoms with Crippen molar-refractivity contribution in [1.82, 2.24) is 9.44 Å². The highest BCUT2D eigenvalue weighted by atomic mass is 35.5. The molecule has 0 spiro atoms. The van der Waals surface area contributed by atoms with Gasteiger partial charge in [-0.3, -0.25) is 0 Å². The molecule has 0 radical (unpaired) electrons. The first kappa shape index (κ1) is 25.1. The van der Waals surface area contributed by atoms with Crippen molar-refractivity contribution in [1.29, 1.82) is 0 Å². The van der Waals surface area contributed by atoms with Crippen LogP contribution in [0.4, 0.5) is 0 Å². The van der Waals surface area contributed by atoms with Crippen LogP contribution in [-0.2, 0) is 24.8 Å². The predicted octanol–water partition coefficient (Wildman–Crippen LogP) is 2.20. The molecule has 1 aliphatic heterocycles. The number of sulfonamides is 2. The fourth-order valence-corrected chi connectivity index (χ4v) is 6.43. The first-order valence-electron chi connectivity index (χ1n) is 10.2. The van der Waals surface area contributed by atoms with E-state index in [0.29, 0.717) is 19.3 Å². The molecule has 2 aromatic rings. The molecule has 3 N–H and O–H groups in total. The molecular formula is C21H27ClN2O6S2. The van der Waals surface area contributed by atoms with Gasteiger partial charge in [0.15, 0.2) is 0 Å². The van der Waals surface area contributed by atoms with Crippen LogP contribution < -0.4 is 9.44 Å². The molecule has 8 nitrogen and oxygen atoms in total. The predicted molar refractivity (Wildman–Crippen MR) is 122 cm³/mol. The SMILES string of the molecule is Cc1ccc(S(=O)(=O)NCC[C@@H]2CC[C@H](NS(=O)(=O)c3ccccc3Cl)[C@H](CO)O2)cc1. The van der Waals surface area contributed by atoms with Gasteiger partial charge in [0.2, 0.25) is 20.0 Å². The van der Waals surface area contributed by atoms with Crippen molar-refractivity contribution >= 4 is 31.6 Å². The smallest absolute Gasteiger partial charge is 0.242 e. The van der Waals surface area contributed by atoms with Gasteiger partial charge >= 0.3 is 0 Å². The summed E-state index contributed by atoms with van der Waals surface area (Å²) >= 11 is 6.01. The highest BCUT2D eigenvalue weighted by molar-refractivity contribution is 7.89. The Kier molecular flexibility index (Phi) is 8.31. The van der Waals surface area contributed by atoms with E-state index >= 15 is 0 Å². The third kappa shape index (κ3) is 6.28. The lowest BCUT2D eigenvalue weighted by Crippen LogP contribution is -2.51.